The monoisotopic (exact) mass is 465 g/mol. The number of nitrogens with zero attached hydrogens (tertiary/aromatic N) is 2. The minimum absolute atomic E-state index is 0.0695. The molecule has 4 rings (SSSR count). The van der Waals surface area contributed by atoms with E-state index >= 15 is 0 Å². The zero-order chi connectivity index (χ0) is 23.9. The maximum atomic E-state index is 14.7. The molecule has 0 radical (unpaired) electrons. The molecule has 8 heteroatoms. The van der Waals surface area contributed by atoms with E-state index in [1.807, 2.05) is 0 Å². The third-order valence-electron chi connectivity index (χ3n) is 5.70. The number of carbonyl (C=O) groups is 2. The minimum atomic E-state index is -0.635. The number of pyridine rings is 1. The lowest BCUT2D eigenvalue weighted by molar-refractivity contribution is 0.0991. The molecule has 34 heavy (non-hydrogen) atoms. The number of anilines is 1. The van der Waals surface area contributed by atoms with E-state index in [-0.39, 0.29) is 36.5 Å². The molecule has 0 atom stereocenters. The number of ether oxygens (including phenoxy) is 1. The van der Waals surface area contributed by atoms with Gasteiger partial charge in [0.05, 0.1) is 0 Å². The van der Waals surface area contributed by atoms with Crippen molar-refractivity contribution in [3.8, 4) is 0 Å². The zero-order valence-electron chi connectivity index (χ0n) is 18.6. The Bertz CT molecular complexity index is 1170. The molecule has 176 valence electrons. The van der Waals surface area contributed by atoms with Crippen LogP contribution in [0.25, 0.3) is 0 Å². The normalized spacial score (nSPS) is 13.1. The average Bonchev–Trinajstić information content (AvgIpc) is 3.38. The number of hydrogen-bond donors (Lipinski definition) is 1. The third kappa shape index (κ3) is 5.95. The molecule has 1 aliphatic rings. The number of nitrogens with one attached hydrogen (secondary N) is 1. The number of halogens is 2. The Morgan fingerprint density at radius 1 is 1.03 bits per heavy atom. The summed E-state index contributed by atoms with van der Waals surface area (Å²) in [6.07, 6.45) is 4.44. The summed E-state index contributed by atoms with van der Waals surface area (Å²) in [5.41, 5.74) is 2.45. The van der Waals surface area contributed by atoms with E-state index in [1.165, 1.54) is 24.3 Å². The SMILES string of the molecule is O=C(NCc1ccc(CC(=O)c2cc(F)ccc2N2CCCC2)c(F)c1)OCc1cccnc1. The fraction of sp³-hybridized carbons (Fsp3) is 0.269. The summed E-state index contributed by atoms with van der Waals surface area (Å²) in [5.74, 6) is -1.40. The molecule has 6 nitrogen and oxygen atoms in total. The van der Waals surface area contributed by atoms with E-state index in [9.17, 15) is 18.4 Å². The molecule has 3 aromatic rings. The van der Waals surface area contributed by atoms with Gasteiger partial charge in [-0.1, -0.05) is 18.2 Å². The number of alkyl carbamates (subject to hydrolysis) is 1. The molecule has 1 saturated heterocycles. The first-order chi connectivity index (χ1) is 16.5. The lowest BCUT2D eigenvalue weighted by atomic mass is 9.99. The number of amides is 1. The van der Waals surface area contributed by atoms with Crippen LogP contribution in [0.3, 0.4) is 0 Å². The Balaban J connectivity index is 1.36. The number of hydrogen-bond acceptors (Lipinski definition) is 5. The number of Topliss-reactive ketones (excluding diaryl/α,β-unsaturated/α-hetero) is 1. The molecule has 0 bridgehead atoms. The highest BCUT2D eigenvalue weighted by Crippen LogP contribution is 2.27. The molecule has 1 amide bonds. The summed E-state index contributed by atoms with van der Waals surface area (Å²) >= 11 is 0. The number of carbonyl (C=O) groups excluding carboxylic acids is 2. The van der Waals surface area contributed by atoms with Crippen molar-refractivity contribution in [1.29, 1.82) is 0 Å². The maximum absolute atomic E-state index is 14.7. The second-order valence-electron chi connectivity index (χ2n) is 8.17. The van der Waals surface area contributed by atoms with Gasteiger partial charge < -0.3 is 15.0 Å². The molecular weight excluding hydrogens is 440 g/mol. The first-order valence-electron chi connectivity index (χ1n) is 11.1. The van der Waals surface area contributed by atoms with Gasteiger partial charge in [-0.2, -0.15) is 0 Å². The largest absolute Gasteiger partial charge is 0.445 e. The molecule has 1 fully saturated rings. The first-order valence-corrected chi connectivity index (χ1v) is 11.1. The van der Waals surface area contributed by atoms with Crippen LogP contribution in [0.1, 0.15) is 39.9 Å². The summed E-state index contributed by atoms with van der Waals surface area (Å²) in [7, 11) is 0. The van der Waals surface area contributed by atoms with Crippen molar-refractivity contribution in [2.45, 2.75) is 32.4 Å². The van der Waals surface area contributed by atoms with Gasteiger partial charge >= 0.3 is 6.09 Å². The quantitative estimate of drug-likeness (QED) is 0.484. The zero-order valence-corrected chi connectivity index (χ0v) is 18.6. The van der Waals surface area contributed by atoms with Crippen LogP contribution in [0.15, 0.2) is 60.9 Å². The van der Waals surface area contributed by atoms with E-state index in [2.05, 4.69) is 15.2 Å². The highest BCUT2D eigenvalue weighted by Gasteiger charge is 2.21. The van der Waals surface area contributed by atoms with Gasteiger partial charge in [-0.15, -0.1) is 0 Å². The standard InChI is InChI=1S/C26H25F2N3O3/c27-21-7-8-24(31-10-1-2-11-31)22(14-21)25(32)13-20-6-5-18(12-23(20)28)16-30-26(33)34-17-19-4-3-9-29-15-19/h3-9,12,14-15H,1-2,10-11,13,16-17H2,(H,30,33). The predicted octanol–water partition coefficient (Wildman–Crippen LogP) is 4.81. The Labute approximate surface area is 196 Å². The van der Waals surface area contributed by atoms with Crippen LogP contribution in [0, 0.1) is 11.6 Å². The van der Waals surface area contributed by atoms with Crippen LogP contribution in [0.4, 0.5) is 19.3 Å². The maximum Gasteiger partial charge on any atom is 0.407 e. The molecule has 1 N–H and O–H groups in total. The fourth-order valence-corrected chi connectivity index (χ4v) is 3.94. The van der Waals surface area contributed by atoms with E-state index in [4.69, 9.17) is 4.74 Å². The van der Waals surface area contributed by atoms with Crippen LogP contribution in [0.5, 0.6) is 0 Å². The van der Waals surface area contributed by atoms with Crippen LogP contribution in [0.2, 0.25) is 0 Å². The lowest BCUT2D eigenvalue weighted by Gasteiger charge is -2.21. The predicted molar refractivity (Wildman–Crippen MR) is 124 cm³/mol. The summed E-state index contributed by atoms with van der Waals surface area (Å²) < 4.78 is 33.7. The van der Waals surface area contributed by atoms with E-state index in [0.29, 0.717) is 11.3 Å². The second kappa shape index (κ2) is 10.9. The van der Waals surface area contributed by atoms with Crippen molar-refractivity contribution in [1.82, 2.24) is 10.3 Å². The molecule has 2 aromatic carbocycles. The molecule has 0 unspecified atom stereocenters. The number of aromatic nitrogens is 1. The highest BCUT2D eigenvalue weighted by molar-refractivity contribution is 6.02. The van der Waals surface area contributed by atoms with Gasteiger partial charge in [0, 0.05) is 55.3 Å². The van der Waals surface area contributed by atoms with Crippen LogP contribution in [-0.4, -0.2) is 29.9 Å². The summed E-state index contributed by atoms with van der Waals surface area (Å²) in [5, 5.41) is 2.57. The minimum Gasteiger partial charge on any atom is -0.445 e. The third-order valence-corrected chi connectivity index (χ3v) is 5.70. The highest BCUT2D eigenvalue weighted by atomic mass is 19.1. The summed E-state index contributed by atoms with van der Waals surface area (Å²) in [6, 6.07) is 12.1. The van der Waals surface area contributed by atoms with Gasteiger partial charge in [-0.05, 0) is 54.3 Å². The van der Waals surface area contributed by atoms with Crippen molar-refractivity contribution in [3.63, 3.8) is 0 Å². The summed E-state index contributed by atoms with van der Waals surface area (Å²) in [4.78, 5) is 30.8. The number of ketones is 1. The molecule has 0 spiro atoms. The van der Waals surface area contributed by atoms with Gasteiger partial charge in [0.2, 0.25) is 0 Å². The Morgan fingerprint density at radius 3 is 2.59 bits per heavy atom. The fourth-order valence-electron chi connectivity index (χ4n) is 3.94. The molecular formula is C26H25F2N3O3. The first kappa shape index (κ1) is 23.4. The Hall–Kier alpha value is -3.81. The van der Waals surface area contributed by atoms with Crippen molar-refractivity contribution >= 4 is 17.6 Å². The lowest BCUT2D eigenvalue weighted by Crippen LogP contribution is -2.23. The molecule has 1 aliphatic heterocycles. The molecule has 2 heterocycles. The van der Waals surface area contributed by atoms with Crippen molar-refractivity contribution < 1.29 is 23.1 Å². The van der Waals surface area contributed by atoms with Gasteiger partial charge in [0.25, 0.3) is 0 Å². The Morgan fingerprint density at radius 2 is 1.85 bits per heavy atom. The second-order valence-corrected chi connectivity index (χ2v) is 8.17. The van der Waals surface area contributed by atoms with Gasteiger partial charge in [-0.3, -0.25) is 9.78 Å². The van der Waals surface area contributed by atoms with E-state index in [1.54, 1.807) is 36.7 Å². The van der Waals surface area contributed by atoms with Crippen molar-refractivity contribution in [2.24, 2.45) is 0 Å². The molecule has 0 saturated carbocycles. The average molecular weight is 466 g/mol. The molecule has 0 aliphatic carbocycles. The smallest absolute Gasteiger partial charge is 0.407 e. The van der Waals surface area contributed by atoms with Crippen LogP contribution >= 0.6 is 0 Å². The number of rotatable bonds is 8. The van der Waals surface area contributed by atoms with Crippen molar-refractivity contribution in [2.75, 3.05) is 18.0 Å². The van der Waals surface area contributed by atoms with Gasteiger partial charge in [0.15, 0.2) is 5.78 Å². The topological polar surface area (TPSA) is 71.5 Å². The summed E-state index contributed by atoms with van der Waals surface area (Å²) in [6.45, 7) is 1.77. The van der Waals surface area contributed by atoms with E-state index < -0.39 is 17.7 Å². The Kier molecular flexibility index (Phi) is 7.47. The molecule has 1 aromatic heterocycles. The van der Waals surface area contributed by atoms with E-state index in [0.717, 1.165) is 31.5 Å². The van der Waals surface area contributed by atoms with Crippen molar-refractivity contribution in [3.05, 3.63) is 94.8 Å². The van der Waals surface area contributed by atoms with Crippen LogP contribution < -0.4 is 10.2 Å². The van der Waals surface area contributed by atoms with Crippen LogP contribution in [-0.2, 0) is 24.3 Å². The number of benzene rings is 2. The van der Waals surface area contributed by atoms with Gasteiger partial charge in [0.1, 0.15) is 18.2 Å². The van der Waals surface area contributed by atoms with Gasteiger partial charge in [-0.25, -0.2) is 13.6 Å².